The molecule has 3 aliphatic rings. The molecule has 0 bridgehead atoms. The molecule has 1 saturated carbocycles. The molecule has 0 aromatic carbocycles. The summed E-state index contributed by atoms with van der Waals surface area (Å²) >= 11 is 0. The van der Waals surface area contributed by atoms with Crippen molar-refractivity contribution in [2.24, 2.45) is 17.8 Å². The Labute approximate surface area is 112 Å². The number of likely N-dealkylation sites (tertiary alicyclic amines) is 1. The third kappa shape index (κ3) is 2.80. The fourth-order valence-electron chi connectivity index (χ4n) is 3.82. The van der Waals surface area contributed by atoms with Crippen LogP contribution in [0.25, 0.3) is 0 Å². The number of allylic oxidation sites excluding steroid dienone is 1. The molecule has 0 aromatic rings. The molecular formula is C16H28N2. The second-order valence-electron chi connectivity index (χ2n) is 6.68. The molecule has 0 spiro atoms. The zero-order chi connectivity index (χ0) is 12.4. The highest BCUT2D eigenvalue weighted by Gasteiger charge is 2.40. The molecule has 3 atom stereocenters. The van der Waals surface area contributed by atoms with Crippen molar-refractivity contribution < 1.29 is 0 Å². The van der Waals surface area contributed by atoms with Gasteiger partial charge in [0.1, 0.15) is 0 Å². The summed E-state index contributed by atoms with van der Waals surface area (Å²) in [6.45, 7) is 7.57. The molecule has 3 unspecified atom stereocenters. The number of rotatable bonds is 5. The number of piperidine rings is 1. The first-order valence-electron chi connectivity index (χ1n) is 7.95. The number of nitrogens with zero attached hydrogens (tertiary/aromatic N) is 1. The molecule has 1 N–H and O–H groups in total. The molecule has 3 rings (SSSR count). The Morgan fingerprint density at radius 2 is 2.11 bits per heavy atom. The van der Waals surface area contributed by atoms with Crippen LogP contribution in [0, 0.1) is 17.8 Å². The van der Waals surface area contributed by atoms with Crippen molar-refractivity contribution >= 4 is 0 Å². The minimum absolute atomic E-state index is 0.801. The van der Waals surface area contributed by atoms with E-state index in [0.717, 1.165) is 23.8 Å². The molecule has 1 aliphatic heterocycles. The molecule has 0 aromatic heterocycles. The molecule has 102 valence electrons. The fraction of sp³-hybridized carbons (Fsp3) is 0.875. The number of hydrogen-bond acceptors (Lipinski definition) is 2. The fourth-order valence-corrected chi connectivity index (χ4v) is 3.82. The highest BCUT2D eigenvalue weighted by atomic mass is 15.1. The van der Waals surface area contributed by atoms with Gasteiger partial charge in [-0.25, -0.2) is 0 Å². The molecule has 1 saturated heterocycles. The van der Waals surface area contributed by atoms with Gasteiger partial charge in [0.2, 0.25) is 0 Å². The highest BCUT2D eigenvalue weighted by Crippen LogP contribution is 2.42. The monoisotopic (exact) mass is 248 g/mol. The van der Waals surface area contributed by atoms with E-state index >= 15 is 0 Å². The van der Waals surface area contributed by atoms with E-state index in [1.165, 1.54) is 58.3 Å². The largest absolute Gasteiger partial charge is 0.313 e. The maximum atomic E-state index is 3.76. The molecular weight excluding hydrogens is 220 g/mol. The molecule has 0 amide bonds. The van der Waals surface area contributed by atoms with Gasteiger partial charge in [0.05, 0.1) is 0 Å². The first-order chi connectivity index (χ1) is 8.83. The van der Waals surface area contributed by atoms with Gasteiger partial charge < -0.3 is 10.2 Å². The van der Waals surface area contributed by atoms with Gasteiger partial charge in [0, 0.05) is 6.04 Å². The Kier molecular flexibility index (Phi) is 4.05. The first kappa shape index (κ1) is 12.7. The summed E-state index contributed by atoms with van der Waals surface area (Å²) in [6.07, 6.45) is 11.7. The van der Waals surface area contributed by atoms with E-state index in [2.05, 4.69) is 29.3 Å². The average Bonchev–Trinajstić information content (AvgIpc) is 2.73. The van der Waals surface area contributed by atoms with E-state index in [1.54, 1.807) is 0 Å². The lowest BCUT2D eigenvalue weighted by atomic mass is 9.71. The highest BCUT2D eigenvalue weighted by molar-refractivity contribution is 5.12. The third-order valence-corrected chi connectivity index (χ3v) is 5.30. The quantitative estimate of drug-likeness (QED) is 0.594. The Morgan fingerprint density at radius 1 is 1.28 bits per heavy atom. The number of hydrogen-bond donors (Lipinski definition) is 1. The van der Waals surface area contributed by atoms with Gasteiger partial charge >= 0.3 is 0 Å². The minimum Gasteiger partial charge on any atom is -0.313 e. The Bertz CT molecular complexity index is 291. The van der Waals surface area contributed by atoms with Gasteiger partial charge in [0.25, 0.3) is 0 Å². The van der Waals surface area contributed by atoms with Gasteiger partial charge in [-0.2, -0.15) is 0 Å². The second-order valence-corrected chi connectivity index (χ2v) is 6.68. The summed E-state index contributed by atoms with van der Waals surface area (Å²) in [5.41, 5.74) is 0. The van der Waals surface area contributed by atoms with E-state index in [-0.39, 0.29) is 0 Å². The predicted octanol–water partition coefficient (Wildman–Crippen LogP) is 2.66. The van der Waals surface area contributed by atoms with Crippen molar-refractivity contribution in [1.82, 2.24) is 10.2 Å². The Morgan fingerprint density at radius 3 is 2.89 bits per heavy atom. The molecule has 1 heterocycles. The predicted molar refractivity (Wildman–Crippen MR) is 76.6 cm³/mol. The second kappa shape index (κ2) is 5.75. The standard InChI is InChI=1S/C16H28N2/c1-13-6-10-18(11-7-13)9-3-8-17-16-12-14-4-2-5-15(14)16/h2,5,13-17H,3-4,6-12H2,1H3. The Hall–Kier alpha value is -0.340. The lowest BCUT2D eigenvalue weighted by Crippen LogP contribution is -2.48. The summed E-state index contributed by atoms with van der Waals surface area (Å²) in [5, 5.41) is 3.76. The summed E-state index contributed by atoms with van der Waals surface area (Å²) in [5.74, 6) is 2.83. The SMILES string of the molecule is CC1CCN(CCCNC2CC3CC=CC32)CC1. The molecule has 0 radical (unpaired) electrons. The van der Waals surface area contributed by atoms with Crippen molar-refractivity contribution in [3.63, 3.8) is 0 Å². The number of fused-ring (bicyclic) bond motifs is 1. The van der Waals surface area contributed by atoms with Crippen LogP contribution in [-0.4, -0.2) is 37.1 Å². The van der Waals surface area contributed by atoms with E-state index in [4.69, 9.17) is 0 Å². The van der Waals surface area contributed by atoms with Crippen LogP contribution in [0.5, 0.6) is 0 Å². The van der Waals surface area contributed by atoms with Crippen molar-refractivity contribution in [3.05, 3.63) is 12.2 Å². The zero-order valence-corrected chi connectivity index (χ0v) is 11.8. The van der Waals surface area contributed by atoms with Crippen molar-refractivity contribution in [3.8, 4) is 0 Å². The summed E-state index contributed by atoms with van der Waals surface area (Å²) in [7, 11) is 0. The van der Waals surface area contributed by atoms with Crippen LogP contribution in [0.1, 0.15) is 39.0 Å². The van der Waals surface area contributed by atoms with Gasteiger partial charge in [-0.15, -0.1) is 0 Å². The topological polar surface area (TPSA) is 15.3 Å². The van der Waals surface area contributed by atoms with Gasteiger partial charge in [-0.3, -0.25) is 0 Å². The van der Waals surface area contributed by atoms with Crippen LogP contribution >= 0.6 is 0 Å². The third-order valence-electron chi connectivity index (χ3n) is 5.30. The van der Waals surface area contributed by atoms with Crippen LogP contribution in [0.3, 0.4) is 0 Å². The van der Waals surface area contributed by atoms with Crippen LogP contribution < -0.4 is 5.32 Å². The number of nitrogens with one attached hydrogen (secondary N) is 1. The summed E-state index contributed by atoms with van der Waals surface area (Å²) < 4.78 is 0. The van der Waals surface area contributed by atoms with Crippen molar-refractivity contribution in [2.75, 3.05) is 26.2 Å². The maximum absolute atomic E-state index is 3.76. The van der Waals surface area contributed by atoms with E-state index in [1.807, 2.05) is 0 Å². The molecule has 18 heavy (non-hydrogen) atoms. The maximum Gasteiger partial charge on any atom is 0.0136 e. The van der Waals surface area contributed by atoms with Gasteiger partial charge in [0.15, 0.2) is 0 Å². The van der Waals surface area contributed by atoms with Crippen LogP contribution in [-0.2, 0) is 0 Å². The first-order valence-corrected chi connectivity index (χ1v) is 7.95. The van der Waals surface area contributed by atoms with Crippen LogP contribution in [0.15, 0.2) is 12.2 Å². The molecule has 2 heteroatoms. The average molecular weight is 248 g/mol. The van der Waals surface area contributed by atoms with E-state index < -0.39 is 0 Å². The van der Waals surface area contributed by atoms with Gasteiger partial charge in [-0.1, -0.05) is 19.1 Å². The molecule has 2 aliphatic carbocycles. The van der Waals surface area contributed by atoms with Gasteiger partial charge in [-0.05, 0) is 76.0 Å². The minimum atomic E-state index is 0.801. The van der Waals surface area contributed by atoms with E-state index in [0.29, 0.717) is 0 Å². The molecule has 2 fully saturated rings. The smallest absolute Gasteiger partial charge is 0.0136 e. The summed E-state index contributed by atoms with van der Waals surface area (Å²) in [4.78, 5) is 2.65. The zero-order valence-electron chi connectivity index (χ0n) is 11.8. The van der Waals surface area contributed by atoms with Crippen molar-refractivity contribution in [1.29, 1.82) is 0 Å². The molecule has 2 nitrogen and oxygen atoms in total. The van der Waals surface area contributed by atoms with Crippen molar-refractivity contribution in [2.45, 2.75) is 45.1 Å². The lowest BCUT2D eigenvalue weighted by molar-refractivity contribution is 0.156. The summed E-state index contributed by atoms with van der Waals surface area (Å²) in [6, 6.07) is 0.801. The lowest BCUT2D eigenvalue weighted by Gasteiger charge is -2.41. The normalized spacial score (nSPS) is 36.6. The van der Waals surface area contributed by atoms with E-state index in [9.17, 15) is 0 Å². The Balaban J connectivity index is 1.26. The van der Waals surface area contributed by atoms with Crippen LogP contribution in [0.4, 0.5) is 0 Å². The van der Waals surface area contributed by atoms with Crippen LogP contribution in [0.2, 0.25) is 0 Å².